The second kappa shape index (κ2) is 12.3. The summed E-state index contributed by atoms with van der Waals surface area (Å²) in [4.78, 5) is 35.3. The van der Waals surface area contributed by atoms with Gasteiger partial charge in [0.1, 0.15) is 29.9 Å². The number of thiophene rings is 1. The van der Waals surface area contributed by atoms with E-state index in [-0.39, 0.29) is 29.9 Å². The molecular weight excluding hydrogens is 709 g/mol. The monoisotopic (exact) mass is 732 g/mol. The second-order valence-corrected chi connectivity index (χ2v) is 13.5. The molecule has 0 aliphatic rings. The van der Waals surface area contributed by atoms with Crippen molar-refractivity contribution in [3.05, 3.63) is 83.8 Å². The molecule has 2 aromatic carbocycles. The van der Waals surface area contributed by atoms with E-state index >= 15 is 0 Å². The lowest BCUT2D eigenvalue weighted by Crippen LogP contribution is -2.27. The number of alkyl halides is 3. The highest BCUT2D eigenvalue weighted by Crippen LogP contribution is 2.41. The zero-order valence-corrected chi connectivity index (χ0v) is 28.3. The molecular formula is C32H25BrClF3N4O4S. The number of carbonyl (C=O) groups is 1. The first-order valence-corrected chi connectivity index (χ1v) is 15.8. The Morgan fingerprint density at radius 3 is 2.50 bits per heavy atom. The third-order valence-corrected chi connectivity index (χ3v) is 8.93. The summed E-state index contributed by atoms with van der Waals surface area (Å²) in [7, 11) is 0. The van der Waals surface area contributed by atoms with Crippen LogP contribution in [-0.4, -0.2) is 32.7 Å². The number of aromatic nitrogens is 3. The average molecular weight is 734 g/mol. The Bertz CT molecular complexity index is 2150. The number of rotatable bonds is 6. The molecule has 0 radical (unpaired) electrons. The lowest BCUT2D eigenvalue weighted by atomic mass is 10.0. The van der Waals surface area contributed by atoms with Gasteiger partial charge in [0.15, 0.2) is 0 Å². The summed E-state index contributed by atoms with van der Waals surface area (Å²) in [5, 5.41) is 11.6. The Kier molecular flexibility index (Phi) is 8.94. The molecule has 14 heteroatoms. The van der Waals surface area contributed by atoms with Crippen LogP contribution < -0.4 is 10.3 Å². The number of nitrogens with zero attached hydrogens (tertiary/aromatic N) is 4. The van der Waals surface area contributed by atoms with Gasteiger partial charge in [-0.2, -0.15) is 18.4 Å². The molecule has 3 aromatic heterocycles. The van der Waals surface area contributed by atoms with Crippen LogP contribution in [0.15, 0.2) is 45.0 Å². The van der Waals surface area contributed by atoms with E-state index in [1.165, 1.54) is 22.8 Å². The molecule has 0 saturated heterocycles. The predicted octanol–water partition coefficient (Wildman–Crippen LogP) is 8.63. The minimum Gasteiger partial charge on any atom is -0.491 e. The highest BCUT2D eigenvalue weighted by Gasteiger charge is 2.36. The Hall–Kier alpha value is -3.99. The number of nitriles is 1. The number of esters is 1. The van der Waals surface area contributed by atoms with E-state index < -0.39 is 38.9 Å². The predicted molar refractivity (Wildman–Crippen MR) is 174 cm³/mol. The van der Waals surface area contributed by atoms with Crippen molar-refractivity contribution in [3.63, 3.8) is 0 Å². The van der Waals surface area contributed by atoms with Gasteiger partial charge < -0.3 is 9.47 Å². The number of halogens is 5. The molecule has 8 nitrogen and oxygen atoms in total. The van der Waals surface area contributed by atoms with Crippen molar-refractivity contribution in [1.82, 2.24) is 14.5 Å². The van der Waals surface area contributed by atoms with Gasteiger partial charge in [-0.3, -0.25) is 14.3 Å². The standard InChI is InChI=1S/C32H25BrClF3N4O4S/c1-15-10-19(28-27(39-15)21(14-46-28)30(43)45-31(3,4)5)18-11-17(34)6-7-24(18)44-9-8-41-16(2)40-23-12-22(32(35,36)37)26(33)20(13-38)25(23)29(41)42/h6-7,10-12,14H,8-9H2,1-5H3. The largest absolute Gasteiger partial charge is 0.491 e. The summed E-state index contributed by atoms with van der Waals surface area (Å²) in [6, 6.07) is 9.38. The van der Waals surface area contributed by atoms with Crippen molar-refractivity contribution in [2.75, 3.05) is 6.61 Å². The SMILES string of the molecule is Cc1cc(-c2cc(Cl)ccc2OCCn2c(C)nc3cc(C(F)(F)F)c(Br)c(C#N)c3c2=O)c2scc(C(=O)OC(C)(C)C)c2n1. The van der Waals surface area contributed by atoms with Gasteiger partial charge in [-0.15, -0.1) is 11.3 Å². The molecule has 0 fully saturated rings. The Morgan fingerprint density at radius 2 is 1.85 bits per heavy atom. The van der Waals surface area contributed by atoms with Gasteiger partial charge in [0.25, 0.3) is 5.56 Å². The van der Waals surface area contributed by atoms with Gasteiger partial charge in [0.2, 0.25) is 0 Å². The van der Waals surface area contributed by atoms with E-state index in [2.05, 4.69) is 25.9 Å². The van der Waals surface area contributed by atoms with Gasteiger partial charge in [-0.1, -0.05) is 11.6 Å². The van der Waals surface area contributed by atoms with Gasteiger partial charge in [0, 0.05) is 31.7 Å². The Labute approximate surface area is 278 Å². The fraction of sp³-hybridized carbons (Fsp3) is 0.281. The highest BCUT2D eigenvalue weighted by molar-refractivity contribution is 9.10. The first-order valence-electron chi connectivity index (χ1n) is 13.8. The van der Waals surface area contributed by atoms with Gasteiger partial charge in [-0.05, 0) is 80.9 Å². The van der Waals surface area contributed by atoms with Crippen LogP contribution in [-0.2, 0) is 17.5 Å². The highest BCUT2D eigenvalue weighted by atomic mass is 79.9. The molecule has 0 aliphatic carbocycles. The molecule has 3 heterocycles. The zero-order valence-electron chi connectivity index (χ0n) is 25.1. The molecule has 0 atom stereocenters. The van der Waals surface area contributed by atoms with Crippen molar-refractivity contribution in [2.24, 2.45) is 0 Å². The summed E-state index contributed by atoms with van der Waals surface area (Å²) in [5.41, 5.74) is -0.314. The van der Waals surface area contributed by atoms with Crippen LogP contribution in [0.5, 0.6) is 5.75 Å². The topological polar surface area (TPSA) is 107 Å². The summed E-state index contributed by atoms with van der Waals surface area (Å²) in [5.74, 6) is 0.0890. The number of hydrogen-bond acceptors (Lipinski definition) is 8. The molecule has 5 rings (SSSR count). The normalized spacial score (nSPS) is 12.0. The van der Waals surface area contributed by atoms with Gasteiger partial charge in [-0.25, -0.2) is 9.78 Å². The Morgan fingerprint density at radius 1 is 1.13 bits per heavy atom. The molecule has 5 aromatic rings. The Balaban J connectivity index is 1.51. The fourth-order valence-electron chi connectivity index (χ4n) is 4.94. The molecule has 0 unspecified atom stereocenters. The van der Waals surface area contributed by atoms with Crippen LogP contribution in [0.25, 0.3) is 32.2 Å². The van der Waals surface area contributed by atoms with Crippen molar-refractivity contribution in [3.8, 4) is 22.9 Å². The molecule has 46 heavy (non-hydrogen) atoms. The van der Waals surface area contributed by atoms with E-state index in [1.807, 2.05) is 6.07 Å². The van der Waals surface area contributed by atoms with Crippen molar-refractivity contribution < 1.29 is 27.4 Å². The first kappa shape index (κ1) is 33.4. The minimum atomic E-state index is -4.76. The van der Waals surface area contributed by atoms with E-state index in [9.17, 15) is 28.0 Å². The van der Waals surface area contributed by atoms with E-state index in [4.69, 9.17) is 21.1 Å². The lowest BCUT2D eigenvalue weighted by molar-refractivity contribution is -0.138. The average Bonchev–Trinajstić information content (AvgIpc) is 3.37. The van der Waals surface area contributed by atoms with E-state index in [0.29, 0.717) is 33.1 Å². The van der Waals surface area contributed by atoms with Crippen molar-refractivity contribution in [1.29, 1.82) is 5.26 Å². The van der Waals surface area contributed by atoms with Gasteiger partial charge in [0.05, 0.1) is 44.4 Å². The zero-order chi connectivity index (χ0) is 33.7. The molecule has 0 amide bonds. The van der Waals surface area contributed by atoms with Crippen LogP contribution in [0.4, 0.5) is 13.2 Å². The molecule has 0 saturated carbocycles. The molecule has 0 aliphatic heterocycles. The number of aryl methyl sites for hydroxylation is 2. The van der Waals surface area contributed by atoms with Crippen molar-refractivity contribution in [2.45, 2.75) is 52.9 Å². The van der Waals surface area contributed by atoms with Crippen LogP contribution in [0.1, 0.15) is 53.8 Å². The summed E-state index contributed by atoms with van der Waals surface area (Å²) >= 11 is 10.6. The first-order chi connectivity index (χ1) is 21.5. The maximum absolute atomic E-state index is 13.6. The van der Waals surface area contributed by atoms with Crippen LogP contribution in [0.2, 0.25) is 5.02 Å². The van der Waals surface area contributed by atoms with E-state index in [1.54, 1.807) is 57.3 Å². The summed E-state index contributed by atoms with van der Waals surface area (Å²) < 4.78 is 53.9. The smallest absolute Gasteiger partial charge is 0.417 e. The summed E-state index contributed by atoms with van der Waals surface area (Å²) in [6.45, 7) is 8.59. The molecule has 238 valence electrons. The molecule has 0 N–H and O–H groups in total. The number of fused-ring (bicyclic) bond motifs is 2. The number of pyridine rings is 1. The van der Waals surface area contributed by atoms with Crippen molar-refractivity contribution >= 4 is 66.0 Å². The van der Waals surface area contributed by atoms with Gasteiger partial charge >= 0.3 is 12.1 Å². The lowest BCUT2D eigenvalue weighted by Gasteiger charge is -2.19. The quantitative estimate of drug-likeness (QED) is 0.161. The maximum atomic E-state index is 13.6. The maximum Gasteiger partial charge on any atom is 0.417 e. The van der Waals surface area contributed by atoms with Crippen LogP contribution in [0, 0.1) is 25.2 Å². The number of carbonyl (C=O) groups excluding carboxylic acids is 1. The molecule has 0 bridgehead atoms. The number of ether oxygens (including phenoxy) is 2. The third-order valence-electron chi connectivity index (χ3n) is 6.87. The number of benzene rings is 2. The second-order valence-electron chi connectivity index (χ2n) is 11.4. The third kappa shape index (κ3) is 6.47. The summed E-state index contributed by atoms with van der Waals surface area (Å²) in [6.07, 6.45) is -4.76. The van der Waals surface area contributed by atoms with Crippen LogP contribution >= 0.6 is 38.9 Å². The minimum absolute atomic E-state index is 0.0221. The fourth-order valence-corrected chi connectivity index (χ4v) is 6.75. The molecule has 0 spiro atoms. The van der Waals surface area contributed by atoms with Crippen LogP contribution in [0.3, 0.4) is 0 Å². The van der Waals surface area contributed by atoms with E-state index in [0.717, 1.165) is 16.3 Å². The number of hydrogen-bond donors (Lipinski definition) is 0.